The second-order valence-corrected chi connectivity index (χ2v) is 15.6. The summed E-state index contributed by atoms with van der Waals surface area (Å²) in [6, 6.07) is 0. The molecule has 0 aromatic heterocycles. The fourth-order valence-corrected chi connectivity index (χ4v) is 6.25. The average molecular weight is 831 g/mol. The van der Waals surface area contributed by atoms with Gasteiger partial charge >= 0.3 is 11.9 Å². The van der Waals surface area contributed by atoms with Crippen LogP contribution in [0.3, 0.4) is 0 Å². The van der Waals surface area contributed by atoms with E-state index in [4.69, 9.17) is 14.2 Å². The standard InChI is InChI=1S/C55H90O5/c1-4-7-10-13-16-19-22-24-26-27-28-29-31-32-34-36-39-42-45-48-54(56)59-52-53(51-58-50-47-44-41-38-21-18-15-12-9-6-3)60-55(57)49-46-43-40-37-35-33-30-25-23-20-17-14-11-8-5-2/h7-8,10-11,16-17,19-20,24-26,28-30,32,34,39,42,53H,4-6,9,12-15,18,21-23,27,31,33,35-38,40-41,43-52H2,1-3H3/b10-7-,11-8-,19-16-,20-17-,26-24-,29-28-,30-25-,34-32-,42-39-. The third-order valence-corrected chi connectivity index (χ3v) is 9.82. The quantitative estimate of drug-likeness (QED) is 0.0348. The van der Waals surface area contributed by atoms with E-state index >= 15 is 0 Å². The summed E-state index contributed by atoms with van der Waals surface area (Å²) in [5, 5.41) is 0. The van der Waals surface area contributed by atoms with Crippen LogP contribution < -0.4 is 0 Å². The van der Waals surface area contributed by atoms with E-state index in [1.807, 2.05) is 6.08 Å². The number of ether oxygens (including phenoxy) is 3. The maximum atomic E-state index is 12.8. The lowest BCUT2D eigenvalue weighted by molar-refractivity contribution is -0.162. The number of rotatable bonds is 43. The van der Waals surface area contributed by atoms with Crippen LogP contribution in [0.1, 0.15) is 201 Å². The van der Waals surface area contributed by atoms with E-state index in [1.54, 1.807) is 0 Å². The van der Waals surface area contributed by atoms with Gasteiger partial charge in [-0.2, -0.15) is 0 Å². The van der Waals surface area contributed by atoms with Gasteiger partial charge in [0.1, 0.15) is 6.61 Å². The number of carbonyl (C=O) groups excluding carboxylic acids is 2. The van der Waals surface area contributed by atoms with Gasteiger partial charge in [0.15, 0.2) is 6.10 Å². The SMILES string of the molecule is CC/C=C\C/C=C\C/C=C\C/C=C\C/C=C\C/C=C\CCC(=O)OCC(COCCCCCCCCCCCC)OC(=O)CCCCCCC/C=C\C/C=C\C/C=C\CC. The highest BCUT2D eigenvalue weighted by molar-refractivity contribution is 5.70. The first-order chi connectivity index (χ1) is 29.6. The van der Waals surface area contributed by atoms with Gasteiger partial charge in [-0.25, -0.2) is 0 Å². The zero-order chi connectivity index (χ0) is 43.5. The topological polar surface area (TPSA) is 61.8 Å². The number of hydrogen-bond donors (Lipinski definition) is 0. The Hall–Kier alpha value is -3.44. The molecule has 0 aromatic carbocycles. The summed E-state index contributed by atoms with van der Waals surface area (Å²) in [5.74, 6) is -0.519. The van der Waals surface area contributed by atoms with E-state index in [9.17, 15) is 9.59 Å². The molecule has 0 aliphatic heterocycles. The summed E-state index contributed by atoms with van der Waals surface area (Å²) in [6.45, 7) is 7.48. The van der Waals surface area contributed by atoms with Crippen molar-refractivity contribution < 1.29 is 23.8 Å². The highest BCUT2D eigenvalue weighted by Crippen LogP contribution is 2.12. The van der Waals surface area contributed by atoms with Gasteiger partial charge < -0.3 is 14.2 Å². The largest absolute Gasteiger partial charge is 0.462 e. The molecule has 0 aliphatic rings. The lowest BCUT2D eigenvalue weighted by Crippen LogP contribution is -2.30. The Bertz CT molecular complexity index is 1210. The van der Waals surface area contributed by atoms with Gasteiger partial charge in [0, 0.05) is 19.4 Å². The van der Waals surface area contributed by atoms with Crippen LogP contribution in [-0.2, 0) is 23.8 Å². The molecule has 0 heterocycles. The molecular formula is C55H90O5. The third kappa shape index (κ3) is 47.2. The van der Waals surface area contributed by atoms with Crippen molar-refractivity contribution in [2.75, 3.05) is 19.8 Å². The maximum Gasteiger partial charge on any atom is 0.306 e. The number of hydrogen-bond acceptors (Lipinski definition) is 5. The predicted octanol–water partition coefficient (Wildman–Crippen LogP) is 16.4. The molecule has 0 fully saturated rings. The summed E-state index contributed by atoms with van der Waals surface area (Å²) in [4.78, 5) is 25.3. The van der Waals surface area contributed by atoms with Gasteiger partial charge in [-0.3, -0.25) is 9.59 Å². The number of allylic oxidation sites excluding steroid dienone is 18. The molecule has 0 rings (SSSR count). The Morgan fingerprint density at radius 1 is 0.383 bits per heavy atom. The molecule has 60 heavy (non-hydrogen) atoms. The van der Waals surface area contributed by atoms with Crippen LogP contribution in [0.2, 0.25) is 0 Å². The fraction of sp³-hybridized carbons (Fsp3) is 0.636. The predicted molar refractivity (Wildman–Crippen MR) is 260 cm³/mol. The van der Waals surface area contributed by atoms with E-state index in [1.165, 1.54) is 64.2 Å². The Morgan fingerprint density at radius 2 is 0.783 bits per heavy atom. The van der Waals surface area contributed by atoms with Gasteiger partial charge in [0.25, 0.3) is 0 Å². The lowest BCUT2D eigenvalue weighted by atomic mass is 10.1. The second-order valence-electron chi connectivity index (χ2n) is 15.6. The average Bonchev–Trinajstić information content (AvgIpc) is 3.25. The first-order valence-electron chi connectivity index (χ1n) is 24.4. The Morgan fingerprint density at radius 3 is 1.27 bits per heavy atom. The highest BCUT2D eigenvalue weighted by Gasteiger charge is 2.17. The molecule has 0 amide bonds. The number of carbonyl (C=O) groups is 2. The molecule has 0 bridgehead atoms. The first-order valence-corrected chi connectivity index (χ1v) is 24.4. The molecular weight excluding hydrogens is 741 g/mol. The maximum absolute atomic E-state index is 12.8. The molecule has 0 spiro atoms. The van der Waals surface area contributed by atoms with Crippen LogP contribution in [-0.4, -0.2) is 37.9 Å². The van der Waals surface area contributed by atoms with Crippen molar-refractivity contribution in [1.29, 1.82) is 0 Å². The van der Waals surface area contributed by atoms with Crippen LogP contribution >= 0.6 is 0 Å². The van der Waals surface area contributed by atoms with Gasteiger partial charge in [0.2, 0.25) is 0 Å². The van der Waals surface area contributed by atoms with Crippen molar-refractivity contribution in [3.63, 3.8) is 0 Å². The minimum absolute atomic E-state index is 0.0333. The van der Waals surface area contributed by atoms with Crippen LogP contribution in [0, 0.1) is 0 Å². The van der Waals surface area contributed by atoms with Crippen LogP contribution in [0.4, 0.5) is 0 Å². The van der Waals surface area contributed by atoms with Crippen molar-refractivity contribution >= 4 is 11.9 Å². The molecule has 0 radical (unpaired) electrons. The molecule has 1 unspecified atom stereocenters. The van der Waals surface area contributed by atoms with Crippen molar-refractivity contribution in [1.82, 2.24) is 0 Å². The summed E-state index contributed by atoms with van der Waals surface area (Å²) in [6.07, 6.45) is 68.2. The lowest BCUT2D eigenvalue weighted by Gasteiger charge is -2.18. The van der Waals surface area contributed by atoms with Gasteiger partial charge in [-0.1, -0.05) is 207 Å². The smallest absolute Gasteiger partial charge is 0.306 e. The van der Waals surface area contributed by atoms with Crippen LogP contribution in [0.25, 0.3) is 0 Å². The fourth-order valence-electron chi connectivity index (χ4n) is 6.25. The van der Waals surface area contributed by atoms with E-state index in [0.29, 0.717) is 25.9 Å². The molecule has 5 heteroatoms. The van der Waals surface area contributed by atoms with Gasteiger partial charge in [-0.05, 0) is 89.9 Å². The van der Waals surface area contributed by atoms with E-state index in [2.05, 4.69) is 124 Å². The first kappa shape index (κ1) is 56.6. The Labute approximate surface area is 370 Å². The summed E-state index contributed by atoms with van der Waals surface area (Å²) in [5.41, 5.74) is 0. The summed E-state index contributed by atoms with van der Waals surface area (Å²) in [7, 11) is 0. The van der Waals surface area contributed by atoms with Crippen molar-refractivity contribution in [3.8, 4) is 0 Å². The highest BCUT2D eigenvalue weighted by atomic mass is 16.6. The zero-order valence-corrected chi connectivity index (χ0v) is 38.9. The Balaban J connectivity index is 4.40. The second kappa shape index (κ2) is 49.9. The number of unbranched alkanes of at least 4 members (excludes halogenated alkanes) is 14. The Kier molecular flexibility index (Phi) is 47.1. The summed E-state index contributed by atoms with van der Waals surface area (Å²) >= 11 is 0. The van der Waals surface area contributed by atoms with E-state index in [0.717, 1.165) is 96.3 Å². The number of esters is 2. The monoisotopic (exact) mass is 831 g/mol. The van der Waals surface area contributed by atoms with E-state index in [-0.39, 0.29) is 25.2 Å². The molecule has 0 saturated carbocycles. The van der Waals surface area contributed by atoms with Crippen molar-refractivity contribution in [2.24, 2.45) is 0 Å². The molecule has 0 aliphatic carbocycles. The van der Waals surface area contributed by atoms with Crippen LogP contribution in [0.5, 0.6) is 0 Å². The summed E-state index contributed by atoms with van der Waals surface area (Å²) < 4.78 is 17.3. The minimum Gasteiger partial charge on any atom is -0.462 e. The molecule has 0 N–H and O–H groups in total. The van der Waals surface area contributed by atoms with E-state index < -0.39 is 6.10 Å². The normalized spacial score (nSPS) is 13.2. The molecule has 0 saturated heterocycles. The molecule has 5 nitrogen and oxygen atoms in total. The minimum atomic E-state index is -0.579. The van der Waals surface area contributed by atoms with Crippen LogP contribution in [0.15, 0.2) is 109 Å². The zero-order valence-electron chi connectivity index (χ0n) is 38.9. The third-order valence-electron chi connectivity index (χ3n) is 9.82. The van der Waals surface area contributed by atoms with Gasteiger partial charge in [0.05, 0.1) is 6.61 Å². The van der Waals surface area contributed by atoms with Crippen molar-refractivity contribution in [2.45, 2.75) is 207 Å². The molecule has 0 aromatic rings. The molecule has 340 valence electrons. The van der Waals surface area contributed by atoms with Gasteiger partial charge in [-0.15, -0.1) is 0 Å². The molecule has 1 atom stereocenters. The van der Waals surface area contributed by atoms with Crippen molar-refractivity contribution in [3.05, 3.63) is 109 Å².